The van der Waals surface area contributed by atoms with Crippen LogP contribution in [0.5, 0.6) is 0 Å². The van der Waals surface area contributed by atoms with Crippen LogP contribution < -0.4 is 0 Å². The smallest absolute Gasteiger partial charge is 0.462 e. The predicted molar refractivity (Wildman–Crippen MR) is 386 cm³/mol. The van der Waals surface area contributed by atoms with Gasteiger partial charge < -0.3 is 33.8 Å². The zero-order chi connectivity index (χ0) is 70.0. The Bertz CT molecular complexity index is 1840. The lowest BCUT2D eigenvalue weighted by molar-refractivity contribution is -0.161. The fourth-order valence-electron chi connectivity index (χ4n) is 11.6. The highest BCUT2D eigenvalue weighted by Crippen LogP contribution is 2.45. The molecule has 0 spiro atoms. The summed E-state index contributed by atoms with van der Waals surface area (Å²) >= 11 is 0. The van der Waals surface area contributed by atoms with E-state index in [0.29, 0.717) is 25.7 Å². The summed E-state index contributed by atoms with van der Waals surface area (Å²) in [7, 11) is -9.91. The highest BCUT2D eigenvalue weighted by atomic mass is 31.2. The van der Waals surface area contributed by atoms with Gasteiger partial charge in [-0.2, -0.15) is 0 Å². The third-order valence-corrected chi connectivity index (χ3v) is 20.0. The lowest BCUT2D eigenvalue weighted by Gasteiger charge is -2.21. The predicted octanol–water partition coefficient (Wildman–Crippen LogP) is 22.3. The topological polar surface area (TPSA) is 237 Å². The number of aliphatic hydroxyl groups is 1. The lowest BCUT2D eigenvalue weighted by atomic mass is 9.99. The van der Waals surface area contributed by atoms with Crippen molar-refractivity contribution in [2.45, 2.75) is 413 Å². The average molecular weight is 1400 g/mol. The normalized spacial score (nSPS) is 14.3. The molecule has 0 bridgehead atoms. The fraction of sp³-hybridized carbons (Fsp3) is 0.947. The first-order chi connectivity index (χ1) is 45.9. The van der Waals surface area contributed by atoms with Crippen LogP contribution >= 0.6 is 15.6 Å². The second-order valence-corrected chi connectivity index (χ2v) is 31.0. The number of phosphoric acid groups is 2. The number of carbonyl (C=O) groups excluding carboxylic acids is 4. The van der Waals surface area contributed by atoms with E-state index in [9.17, 15) is 43.2 Å². The highest BCUT2D eigenvalue weighted by Gasteiger charge is 2.30. The summed E-state index contributed by atoms with van der Waals surface area (Å²) in [4.78, 5) is 72.8. The zero-order valence-corrected chi connectivity index (χ0v) is 63.8. The minimum atomic E-state index is -4.96. The van der Waals surface area contributed by atoms with Gasteiger partial charge in [-0.15, -0.1) is 0 Å². The Kier molecular flexibility index (Phi) is 66.5. The molecule has 0 aliphatic carbocycles. The monoisotopic (exact) mass is 1400 g/mol. The first-order valence-electron chi connectivity index (χ1n) is 39.5. The summed E-state index contributed by atoms with van der Waals surface area (Å²) in [5, 5.41) is 10.6. The number of esters is 4. The van der Waals surface area contributed by atoms with Gasteiger partial charge in [-0.3, -0.25) is 37.3 Å². The number of unbranched alkanes of at least 4 members (excludes halogenated alkanes) is 44. The van der Waals surface area contributed by atoms with Crippen LogP contribution in [-0.2, 0) is 65.4 Å². The van der Waals surface area contributed by atoms with Gasteiger partial charge in [0.1, 0.15) is 19.3 Å². The molecule has 3 N–H and O–H groups in total. The zero-order valence-electron chi connectivity index (χ0n) is 62.0. The molecule has 3 unspecified atom stereocenters. The van der Waals surface area contributed by atoms with E-state index in [-0.39, 0.29) is 25.7 Å². The van der Waals surface area contributed by atoms with Crippen molar-refractivity contribution in [3.63, 3.8) is 0 Å². The largest absolute Gasteiger partial charge is 0.472 e. The molecule has 0 aliphatic heterocycles. The number of aliphatic hydroxyl groups excluding tert-OH is 1. The number of ether oxygens (including phenoxy) is 4. The van der Waals surface area contributed by atoms with E-state index < -0.39 is 97.5 Å². The number of rotatable bonds is 75. The van der Waals surface area contributed by atoms with Crippen molar-refractivity contribution in [1.82, 2.24) is 0 Å². The van der Waals surface area contributed by atoms with Crippen molar-refractivity contribution in [2.24, 2.45) is 11.8 Å². The van der Waals surface area contributed by atoms with Crippen molar-refractivity contribution in [1.29, 1.82) is 0 Å². The quantitative estimate of drug-likeness (QED) is 0.0222. The Hall–Kier alpha value is -1.94. The van der Waals surface area contributed by atoms with E-state index in [0.717, 1.165) is 102 Å². The molecule has 0 rings (SSSR count). The lowest BCUT2D eigenvalue weighted by Crippen LogP contribution is -2.30. The first kappa shape index (κ1) is 93.1. The maximum absolute atomic E-state index is 13.1. The summed E-state index contributed by atoms with van der Waals surface area (Å²) in [6, 6.07) is 0. The van der Waals surface area contributed by atoms with Crippen LogP contribution in [0.15, 0.2) is 0 Å². The second kappa shape index (κ2) is 67.9. The SMILES string of the molecule is CCCCCCCCCCCCCCCCCCCCCC(=O)O[C@H](COC(=O)CCCCCCCCCCCCCC(C)C)COP(=O)(O)OC[C@@H](O)COP(=O)(O)OC[C@@H](COC(=O)CCCCCCCCCCCC)OC(=O)CCCCCCCCCCC(C)CC. The Morgan fingerprint density at radius 3 is 0.800 bits per heavy atom. The van der Waals surface area contributed by atoms with E-state index in [1.165, 1.54) is 212 Å². The molecule has 0 amide bonds. The van der Waals surface area contributed by atoms with Gasteiger partial charge in [0.25, 0.3) is 0 Å². The van der Waals surface area contributed by atoms with E-state index in [2.05, 4.69) is 41.5 Å². The van der Waals surface area contributed by atoms with E-state index in [4.69, 9.17) is 37.0 Å². The molecule has 0 aromatic carbocycles. The van der Waals surface area contributed by atoms with Crippen LogP contribution in [0.3, 0.4) is 0 Å². The Labute approximate surface area is 581 Å². The summed E-state index contributed by atoms with van der Waals surface area (Å²) < 4.78 is 68.5. The number of carbonyl (C=O) groups is 4. The maximum Gasteiger partial charge on any atom is 0.472 e. The van der Waals surface area contributed by atoms with Crippen LogP contribution in [-0.4, -0.2) is 96.7 Å². The molecule has 0 aromatic rings. The second-order valence-electron chi connectivity index (χ2n) is 28.1. The average Bonchev–Trinajstić information content (AvgIpc) is 2.59. The van der Waals surface area contributed by atoms with Crippen molar-refractivity contribution in [3.8, 4) is 0 Å². The summed E-state index contributed by atoms with van der Waals surface area (Å²) in [6.07, 6.45) is 55.4. The Morgan fingerprint density at radius 1 is 0.305 bits per heavy atom. The van der Waals surface area contributed by atoms with Gasteiger partial charge in [0, 0.05) is 25.7 Å². The molecular formula is C76H148O17P2. The molecule has 6 atom stereocenters. The van der Waals surface area contributed by atoms with Crippen LogP contribution in [0.25, 0.3) is 0 Å². The molecule has 0 saturated carbocycles. The number of phosphoric ester groups is 2. The standard InChI is InChI=1S/C76H148O17P2/c1-7-10-12-14-16-18-20-21-22-23-24-25-26-27-30-35-42-48-54-60-75(80)92-71(64-87-74(79)59-53-47-41-34-31-28-29-32-38-44-50-56-68(4)5)66-90-94(82,83)88-62-70(77)63-89-95(84,85)91-67-72(65-86-73(78)58-52-46-40-33-19-17-15-13-11-8-2)93-76(81)61-55-49-43-37-36-39-45-51-57-69(6)9-3/h68-72,77H,7-67H2,1-6H3,(H,82,83)(H,84,85)/t69?,70-,71-,72-/m1/s1. The number of hydrogen-bond acceptors (Lipinski definition) is 15. The molecule has 0 fully saturated rings. The molecule has 0 radical (unpaired) electrons. The van der Waals surface area contributed by atoms with Gasteiger partial charge in [0.15, 0.2) is 12.2 Å². The minimum Gasteiger partial charge on any atom is -0.462 e. The van der Waals surface area contributed by atoms with Crippen molar-refractivity contribution < 1.29 is 80.2 Å². The third-order valence-electron chi connectivity index (χ3n) is 18.1. The van der Waals surface area contributed by atoms with Crippen LogP contribution in [0.4, 0.5) is 0 Å². The maximum atomic E-state index is 13.1. The van der Waals surface area contributed by atoms with Gasteiger partial charge in [-0.05, 0) is 37.5 Å². The van der Waals surface area contributed by atoms with Gasteiger partial charge >= 0.3 is 39.5 Å². The van der Waals surface area contributed by atoms with Gasteiger partial charge in [0.05, 0.1) is 26.4 Å². The molecule has 0 heterocycles. The molecular weight excluding hydrogens is 1250 g/mol. The van der Waals surface area contributed by atoms with Crippen molar-refractivity contribution in [2.75, 3.05) is 39.6 Å². The molecule has 0 aromatic heterocycles. The van der Waals surface area contributed by atoms with Crippen molar-refractivity contribution in [3.05, 3.63) is 0 Å². The minimum absolute atomic E-state index is 0.105. The summed E-state index contributed by atoms with van der Waals surface area (Å²) in [5.74, 6) is -0.576. The molecule has 0 saturated heterocycles. The first-order valence-corrected chi connectivity index (χ1v) is 42.5. The molecule has 19 heteroatoms. The van der Waals surface area contributed by atoms with E-state index in [1.807, 2.05) is 0 Å². The molecule has 0 aliphatic rings. The van der Waals surface area contributed by atoms with Crippen LogP contribution in [0.1, 0.15) is 395 Å². The van der Waals surface area contributed by atoms with E-state index >= 15 is 0 Å². The van der Waals surface area contributed by atoms with Crippen molar-refractivity contribution >= 4 is 39.5 Å². The van der Waals surface area contributed by atoms with Crippen LogP contribution in [0, 0.1) is 11.8 Å². The third kappa shape index (κ3) is 69.0. The Balaban J connectivity index is 5.23. The molecule has 17 nitrogen and oxygen atoms in total. The summed E-state index contributed by atoms with van der Waals surface area (Å²) in [5.41, 5.74) is 0. The molecule has 564 valence electrons. The van der Waals surface area contributed by atoms with Gasteiger partial charge in [0.2, 0.25) is 0 Å². The Morgan fingerprint density at radius 2 is 0.537 bits per heavy atom. The van der Waals surface area contributed by atoms with Gasteiger partial charge in [-0.25, -0.2) is 9.13 Å². The van der Waals surface area contributed by atoms with Crippen LogP contribution in [0.2, 0.25) is 0 Å². The highest BCUT2D eigenvalue weighted by molar-refractivity contribution is 7.47. The van der Waals surface area contributed by atoms with Gasteiger partial charge in [-0.1, -0.05) is 343 Å². The molecule has 95 heavy (non-hydrogen) atoms. The number of hydrogen-bond donors (Lipinski definition) is 3. The fourth-order valence-corrected chi connectivity index (χ4v) is 13.2. The van der Waals surface area contributed by atoms with E-state index in [1.54, 1.807) is 0 Å². The summed E-state index contributed by atoms with van der Waals surface area (Å²) in [6.45, 7) is 9.59.